The van der Waals surface area contributed by atoms with E-state index < -0.39 is 0 Å². The second-order valence-electron chi connectivity index (χ2n) is 7.73. The topological polar surface area (TPSA) is 82.7 Å². The summed E-state index contributed by atoms with van der Waals surface area (Å²) >= 11 is 0. The Kier molecular flexibility index (Phi) is 4.97. The van der Waals surface area contributed by atoms with Gasteiger partial charge in [-0.2, -0.15) is 4.98 Å². The first-order valence-electron chi connectivity index (χ1n) is 9.56. The first-order chi connectivity index (χ1) is 13.1. The Labute approximate surface area is 159 Å². The molecule has 2 aliphatic heterocycles. The molecule has 1 aromatic heterocycles. The smallest absolute Gasteiger partial charge is 0.236 e. The fourth-order valence-electron chi connectivity index (χ4n) is 4.59. The molecule has 1 aromatic carbocycles. The van der Waals surface area contributed by atoms with Gasteiger partial charge < -0.3 is 14.5 Å². The van der Waals surface area contributed by atoms with Crippen molar-refractivity contribution in [3.05, 3.63) is 47.6 Å². The monoisotopic (exact) mass is 370 g/mol. The lowest BCUT2D eigenvalue weighted by atomic mass is 9.73. The van der Waals surface area contributed by atoms with Crippen molar-refractivity contribution in [2.24, 2.45) is 5.92 Å². The predicted octanol–water partition coefficient (Wildman–Crippen LogP) is 1.36. The first-order valence-corrected chi connectivity index (χ1v) is 9.56. The number of benzene rings is 1. The molecule has 2 saturated heterocycles. The Bertz CT molecular complexity index is 794. The average molecular weight is 370 g/mol. The Morgan fingerprint density at radius 2 is 2.15 bits per heavy atom. The number of aromatic nitrogens is 2. The van der Waals surface area contributed by atoms with Crippen LogP contribution in [0.15, 0.2) is 34.9 Å². The molecule has 144 valence electrons. The third-order valence-electron chi connectivity index (χ3n) is 5.87. The molecule has 1 N–H and O–H groups in total. The first kappa shape index (κ1) is 18.1. The van der Waals surface area contributed by atoms with Gasteiger partial charge in [-0.05, 0) is 24.8 Å². The van der Waals surface area contributed by atoms with Crippen LogP contribution in [0.1, 0.15) is 30.1 Å². The van der Waals surface area contributed by atoms with Gasteiger partial charge in [-0.25, -0.2) is 0 Å². The Balaban J connectivity index is 1.60. The minimum absolute atomic E-state index is 0.00642. The molecule has 0 aliphatic carbocycles. The Hall–Kier alpha value is -2.25. The van der Waals surface area contributed by atoms with Crippen LogP contribution in [-0.2, 0) is 16.8 Å². The molecule has 7 heteroatoms. The summed E-state index contributed by atoms with van der Waals surface area (Å²) in [4.78, 5) is 21.3. The lowest BCUT2D eigenvalue weighted by Crippen LogP contribution is -2.53. The summed E-state index contributed by atoms with van der Waals surface area (Å²) in [5.74, 6) is 1.63. The maximum atomic E-state index is 12.4. The van der Waals surface area contributed by atoms with Crippen LogP contribution in [0.4, 0.5) is 0 Å². The minimum atomic E-state index is -0.334. The number of likely N-dealkylation sites (tertiary alicyclic amines) is 2. The third kappa shape index (κ3) is 3.49. The number of carbonyl (C=O) groups excluding carboxylic acids is 1. The second-order valence-corrected chi connectivity index (χ2v) is 7.73. The molecular weight excluding hydrogens is 344 g/mol. The van der Waals surface area contributed by atoms with Crippen LogP contribution in [0.5, 0.6) is 0 Å². The van der Waals surface area contributed by atoms with Crippen LogP contribution in [0.2, 0.25) is 0 Å². The molecule has 27 heavy (non-hydrogen) atoms. The standard InChI is InChI=1S/C20H26N4O3/c1-15-21-19(27-22-15)20-13-23(11-16-5-3-2-4-6-16)12-17(20)7-9-24(14-20)18(26)8-10-25/h2-6,17,25H,7-14H2,1H3/t17-,20+/m0/s1. The summed E-state index contributed by atoms with van der Waals surface area (Å²) in [6.07, 6.45) is 1.07. The highest BCUT2D eigenvalue weighted by Gasteiger charge is 2.54. The largest absolute Gasteiger partial charge is 0.396 e. The van der Waals surface area contributed by atoms with Gasteiger partial charge in [-0.3, -0.25) is 9.69 Å². The van der Waals surface area contributed by atoms with E-state index in [2.05, 4.69) is 39.3 Å². The second kappa shape index (κ2) is 7.40. The molecule has 0 radical (unpaired) electrons. The van der Waals surface area contributed by atoms with Crippen LogP contribution in [0.25, 0.3) is 0 Å². The molecular formula is C20H26N4O3. The number of aliphatic hydroxyl groups excluding tert-OH is 1. The van der Waals surface area contributed by atoms with Crippen LogP contribution in [0, 0.1) is 12.8 Å². The third-order valence-corrected chi connectivity index (χ3v) is 5.87. The van der Waals surface area contributed by atoms with E-state index in [1.807, 2.05) is 17.9 Å². The number of amides is 1. The van der Waals surface area contributed by atoms with Gasteiger partial charge in [0.05, 0.1) is 12.0 Å². The van der Waals surface area contributed by atoms with Gasteiger partial charge in [0.1, 0.15) is 0 Å². The highest BCUT2D eigenvalue weighted by atomic mass is 16.5. The van der Waals surface area contributed by atoms with Gasteiger partial charge in [-0.15, -0.1) is 0 Å². The van der Waals surface area contributed by atoms with Gasteiger partial charge in [0.2, 0.25) is 11.8 Å². The minimum Gasteiger partial charge on any atom is -0.396 e. The number of nitrogens with zero attached hydrogens (tertiary/aromatic N) is 4. The Morgan fingerprint density at radius 1 is 1.33 bits per heavy atom. The molecule has 1 amide bonds. The normalized spacial score (nSPS) is 25.6. The predicted molar refractivity (Wildman–Crippen MR) is 98.8 cm³/mol. The molecule has 2 aliphatic rings. The van der Waals surface area contributed by atoms with E-state index in [0.29, 0.717) is 24.2 Å². The average Bonchev–Trinajstić information content (AvgIpc) is 3.26. The van der Waals surface area contributed by atoms with Crippen molar-refractivity contribution in [1.82, 2.24) is 19.9 Å². The van der Waals surface area contributed by atoms with Gasteiger partial charge >= 0.3 is 0 Å². The molecule has 0 saturated carbocycles. The summed E-state index contributed by atoms with van der Waals surface area (Å²) in [6, 6.07) is 10.4. The fraction of sp³-hybridized carbons (Fsp3) is 0.550. The highest BCUT2D eigenvalue weighted by Crippen LogP contribution is 2.44. The molecule has 2 fully saturated rings. The fourth-order valence-corrected chi connectivity index (χ4v) is 4.59. The van der Waals surface area contributed by atoms with Crippen molar-refractivity contribution in [2.45, 2.75) is 31.7 Å². The van der Waals surface area contributed by atoms with E-state index in [0.717, 1.165) is 32.6 Å². The van der Waals surface area contributed by atoms with E-state index in [9.17, 15) is 4.79 Å². The lowest BCUT2D eigenvalue weighted by Gasteiger charge is -2.41. The molecule has 7 nitrogen and oxygen atoms in total. The van der Waals surface area contributed by atoms with E-state index in [4.69, 9.17) is 9.63 Å². The maximum Gasteiger partial charge on any atom is 0.236 e. The molecule has 4 rings (SSSR count). The van der Waals surface area contributed by atoms with Crippen molar-refractivity contribution in [1.29, 1.82) is 0 Å². The number of rotatable bonds is 5. The van der Waals surface area contributed by atoms with Crippen LogP contribution < -0.4 is 0 Å². The van der Waals surface area contributed by atoms with Gasteiger partial charge in [0.15, 0.2) is 5.82 Å². The maximum absolute atomic E-state index is 12.4. The van der Waals surface area contributed by atoms with Gasteiger partial charge in [-0.1, -0.05) is 35.5 Å². The van der Waals surface area contributed by atoms with E-state index in [1.165, 1.54) is 5.56 Å². The van der Waals surface area contributed by atoms with Crippen molar-refractivity contribution in [3.63, 3.8) is 0 Å². The molecule has 0 bridgehead atoms. The van der Waals surface area contributed by atoms with Crippen molar-refractivity contribution < 1.29 is 14.4 Å². The number of carbonyl (C=O) groups is 1. The van der Waals surface area contributed by atoms with E-state index in [1.54, 1.807) is 0 Å². The van der Waals surface area contributed by atoms with Crippen molar-refractivity contribution in [3.8, 4) is 0 Å². The summed E-state index contributed by atoms with van der Waals surface area (Å²) in [6.45, 7) is 5.62. The van der Waals surface area contributed by atoms with Crippen molar-refractivity contribution in [2.75, 3.05) is 32.8 Å². The summed E-state index contributed by atoms with van der Waals surface area (Å²) in [5, 5.41) is 13.2. The highest BCUT2D eigenvalue weighted by molar-refractivity contribution is 5.76. The Morgan fingerprint density at radius 3 is 2.85 bits per heavy atom. The molecule has 0 unspecified atom stereocenters. The molecule has 2 aromatic rings. The lowest BCUT2D eigenvalue weighted by molar-refractivity contribution is -0.135. The number of fused-ring (bicyclic) bond motifs is 1. The molecule has 0 spiro atoms. The van der Waals surface area contributed by atoms with E-state index in [-0.39, 0.29) is 24.3 Å². The van der Waals surface area contributed by atoms with Gasteiger partial charge in [0.25, 0.3) is 0 Å². The van der Waals surface area contributed by atoms with Crippen molar-refractivity contribution >= 4 is 5.91 Å². The van der Waals surface area contributed by atoms with E-state index >= 15 is 0 Å². The van der Waals surface area contributed by atoms with Gasteiger partial charge in [0, 0.05) is 39.1 Å². The zero-order valence-corrected chi connectivity index (χ0v) is 15.7. The number of aliphatic hydroxyl groups is 1. The number of hydrogen-bond acceptors (Lipinski definition) is 6. The summed E-state index contributed by atoms with van der Waals surface area (Å²) in [7, 11) is 0. The quantitative estimate of drug-likeness (QED) is 0.856. The van der Waals surface area contributed by atoms with Crippen LogP contribution in [0.3, 0.4) is 0 Å². The SMILES string of the molecule is Cc1noc([C@@]23CN(Cc4ccccc4)C[C@@H]2CCN(C(=O)CCO)C3)n1. The molecule has 3 heterocycles. The number of piperidine rings is 1. The number of hydrogen-bond donors (Lipinski definition) is 1. The zero-order valence-electron chi connectivity index (χ0n) is 15.7. The number of aryl methyl sites for hydroxylation is 1. The molecule has 2 atom stereocenters. The van der Waals surface area contributed by atoms with Crippen LogP contribution >= 0.6 is 0 Å². The van der Waals surface area contributed by atoms with Crippen LogP contribution in [-0.4, -0.2) is 63.7 Å². The summed E-state index contributed by atoms with van der Waals surface area (Å²) < 4.78 is 5.62. The zero-order chi connectivity index (χ0) is 18.9. The summed E-state index contributed by atoms with van der Waals surface area (Å²) in [5.41, 5.74) is 0.945.